The summed E-state index contributed by atoms with van der Waals surface area (Å²) in [6.45, 7) is 2.25. The van der Waals surface area contributed by atoms with Crippen LogP contribution in [0.2, 0.25) is 0 Å². The van der Waals surface area contributed by atoms with Gasteiger partial charge in [-0.2, -0.15) is 0 Å². The molecule has 1 aliphatic carbocycles. The van der Waals surface area contributed by atoms with Gasteiger partial charge >= 0.3 is 0 Å². The molecule has 0 saturated heterocycles. The van der Waals surface area contributed by atoms with Gasteiger partial charge in [0.15, 0.2) is 16.6 Å². The van der Waals surface area contributed by atoms with Gasteiger partial charge in [0.2, 0.25) is 0 Å². The molecule has 1 aromatic carbocycles. The number of methoxy groups -OCH3 is 2. The molecule has 0 radical (unpaired) electrons. The van der Waals surface area contributed by atoms with E-state index in [-0.39, 0.29) is 5.91 Å². The highest BCUT2D eigenvalue weighted by Crippen LogP contribution is 2.33. The lowest BCUT2D eigenvalue weighted by Crippen LogP contribution is -2.12. The number of hydrogen-bond donors (Lipinski definition) is 1. The maximum Gasteiger partial charge on any atom is 0.257 e. The van der Waals surface area contributed by atoms with Gasteiger partial charge in [0, 0.05) is 10.4 Å². The first-order valence-corrected chi connectivity index (χ1v) is 8.44. The van der Waals surface area contributed by atoms with E-state index in [1.54, 1.807) is 43.8 Å². The predicted octanol–water partition coefficient (Wildman–Crippen LogP) is 3.54. The van der Waals surface area contributed by atoms with Gasteiger partial charge in [0.1, 0.15) is 0 Å². The van der Waals surface area contributed by atoms with Crippen LogP contribution in [0.4, 0.5) is 5.13 Å². The Morgan fingerprint density at radius 3 is 2.83 bits per heavy atom. The third-order valence-corrected chi connectivity index (χ3v) is 5.09. The number of hydrogen-bond acceptors (Lipinski definition) is 5. The number of nitrogens with zero attached hydrogens (tertiary/aromatic N) is 1. The number of aromatic nitrogens is 1. The molecule has 122 valence electrons. The monoisotopic (exact) mass is 332 g/mol. The summed E-state index contributed by atoms with van der Waals surface area (Å²) in [5.41, 5.74) is 1.65. The molecule has 1 aliphatic rings. The summed E-state index contributed by atoms with van der Waals surface area (Å²) in [4.78, 5) is 18.3. The van der Waals surface area contributed by atoms with Crippen molar-refractivity contribution in [2.75, 3.05) is 19.5 Å². The molecule has 1 N–H and O–H groups in total. The highest BCUT2D eigenvalue weighted by Gasteiger charge is 2.21. The van der Waals surface area contributed by atoms with E-state index in [0.717, 1.165) is 18.5 Å². The summed E-state index contributed by atoms with van der Waals surface area (Å²) in [6, 6.07) is 5.11. The Balaban J connectivity index is 1.77. The minimum Gasteiger partial charge on any atom is -0.493 e. The van der Waals surface area contributed by atoms with Gasteiger partial charge < -0.3 is 9.47 Å². The summed E-state index contributed by atoms with van der Waals surface area (Å²) in [5.74, 6) is 1.64. The molecule has 2 aromatic rings. The lowest BCUT2D eigenvalue weighted by molar-refractivity contribution is 0.102. The Labute approximate surface area is 139 Å². The Kier molecular flexibility index (Phi) is 4.52. The van der Waals surface area contributed by atoms with Crippen LogP contribution in [0.15, 0.2) is 18.2 Å². The third kappa shape index (κ3) is 3.32. The number of rotatable bonds is 4. The maximum atomic E-state index is 12.4. The molecular weight excluding hydrogens is 312 g/mol. The maximum absolute atomic E-state index is 12.4. The number of anilines is 1. The third-order valence-electron chi connectivity index (χ3n) is 4.05. The summed E-state index contributed by atoms with van der Waals surface area (Å²) >= 11 is 1.58. The molecular formula is C17H20N2O3S. The van der Waals surface area contributed by atoms with Crippen molar-refractivity contribution in [2.24, 2.45) is 5.92 Å². The molecule has 5 nitrogen and oxygen atoms in total. The van der Waals surface area contributed by atoms with Crippen molar-refractivity contribution in [3.63, 3.8) is 0 Å². The Morgan fingerprint density at radius 1 is 1.30 bits per heavy atom. The van der Waals surface area contributed by atoms with Crippen LogP contribution in [0, 0.1) is 5.92 Å². The van der Waals surface area contributed by atoms with Gasteiger partial charge in [-0.25, -0.2) is 4.98 Å². The molecule has 0 saturated carbocycles. The SMILES string of the molecule is COc1ccc(C(=O)Nc2nc3c(s2)CC(C)CC3)cc1OC. The number of aryl methyl sites for hydroxylation is 1. The number of thiazole rings is 1. The van der Waals surface area contributed by atoms with Crippen LogP contribution in [0.1, 0.15) is 34.3 Å². The molecule has 1 unspecified atom stereocenters. The average molecular weight is 332 g/mol. The van der Waals surface area contributed by atoms with Gasteiger partial charge in [-0.15, -0.1) is 11.3 Å². The molecule has 0 spiro atoms. The van der Waals surface area contributed by atoms with Gasteiger partial charge in [-0.1, -0.05) is 6.92 Å². The highest BCUT2D eigenvalue weighted by atomic mass is 32.1. The van der Waals surface area contributed by atoms with Crippen molar-refractivity contribution >= 4 is 22.4 Å². The molecule has 1 aromatic heterocycles. The van der Waals surface area contributed by atoms with Crippen LogP contribution in [0.5, 0.6) is 11.5 Å². The summed E-state index contributed by atoms with van der Waals surface area (Å²) in [5, 5.41) is 3.56. The fraction of sp³-hybridized carbons (Fsp3) is 0.412. The number of fused-ring (bicyclic) bond motifs is 1. The molecule has 0 fully saturated rings. The number of nitrogens with one attached hydrogen (secondary N) is 1. The van der Waals surface area contributed by atoms with Crippen molar-refractivity contribution in [1.82, 2.24) is 4.98 Å². The summed E-state index contributed by atoms with van der Waals surface area (Å²) in [7, 11) is 3.12. The second-order valence-electron chi connectivity index (χ2n) is 5.76. The van der Waals surface area contributed by atoms with Crippen LogP contribution in [-0.4, -0.2) is 25.1 Å². The van der Waals surface area contributed by atoms with E-state index >= 15 is 0 Å². The molecule has 1 atom stereocenters. The molecule has 1 heterocycles. The first-order valence-electron chi connectivity index (χ1n) is 7.62. The van der Waals surface area contributed by atoms with Gasteiger partial charge in [0.25, 0.3) is 5.91 Å². The first-order chi connectivity index (χ1) is 11.1. The van der Waals surface area contributed by atoms with Crippen molar-refractivity contribution in [2.45, 2.75) is 26.2 Å². The second kappa shape index (κ2) is 6.58. The van der Waals surface area contributed by atoms with E-state index in [2.05, 4.69) is 17.2 Å². The molecule has 3 rings (SSSR count). The smallest absolute Gasteiger partial charge is 0.257 e. The van der Waals surface area contributed by atoms with E-state index < -0.39 is 0 Å². The lowest BCUT2D eigenvalue weighted by Gasteiger charge is -2.15. The standard InChI is InChI=1S/C17H20N2O3S/c1-10-4-6-12-15(8-10)23-17(18-12)19-16(20)11-5-7-13(21-2)14(9-11)22-3/h5,7,9-10H,4,6,8H2,1-3H3,(H,18,19,20). The van der Waals surface area contributed by atoms with E-state index in [4.69, 9.17) is 9.47 Å². The van der Waals surface area contributed by atoms with E-state index in [0.29, 0.717) is 28.1 Å². The highest BCUT2D eigenvalue weighted by molar-refractivity contribution is 7.15. The zero-order valence-electron chi connectivity index (χ0n) is 13.5. The average Bonchev–Trinajstić information content (AvgIpc) is 2.95. The molecule has 23 heavy (non-hydrogen) atoms. The predicted molar refractivity (Wildman–Crippen MR) is 90.8 cm³/mol. The van der Waals surface area contributed by atoms with E-state index in [9.17, 15) is 4.79 Å². The van der Waals surface area contributed by atoms with E-state index in [1.165, 1.54) is 11.3 Å². The molecule has 0 bridgehead atoms. The van der Waals surface area contributed by atoms with Crippen LogP contribution >= 0.6 is 11.3 Å². The number of benzene rings is 1. The minimum atomic E-state index is -0.190. The minimum absolute atomic E-state index is 0.190. The Hall–Kier alpha value is -2.08. The van der Waals surface area contributed by atoms with Crippen LogP contribution < -0.4 is 14.8 Å². The van der Waals surface area contributed by atoms with Crippen LogP contribution in [0.3, 0.4) is 0 Å². The van der Waals surface area contributed by atoms with Crippen LogP contribution in [0.25, 0.3) is 0 Å². The Morgan fingerprint density at radius 2 is 2.09 bits per heavy atom. The molecule has 1 amide bonds. The second-order valence-corrected chi connectivity index (χ2v) is 6.84. The number of amides is 1. The van der Waals surface area contributed by atoms with Crippen molar-refractivity contribution in [1.29, 1.82) is 0 Å². The van der Waals surface area contributed by atoms with Crippen molar-refractivity contribution < 1.29 is 14.3 Å². The number of carbonyl (C=O) groups excluding carboxylic acids is 1. The zero-order valence-corrected chi connectivity index (χ0v) is 14.3. The quantitative estimate of drug-likeness (QED) is 0.930. The summed E-state index contributed by atoms with van der Waals surface area (Å²) < 4.78 is 10.4. The first kappa shape index (κ1) is 15.8. The van der Waals surface area contributed by atoms with Crippen molar-refractivity contribution in [3.8, 4) is 11.5 Å². The van der Waals surface area contributed by atoms with Crippen LogP contribution in [-0.2, 0) is 12.8 Å². The molecule has 6 heteroatoms. The molecule has 0 aliphatic heterocycles. The number of carbonyl (C=O) groups is 1. The zero-order chi connectivity index (χ0) is 16.4. The normalized spacial score (nSPS) is 16.6. The van der Waals surface area contributed by atoms with Crippen molar-refractivity contribution in [3.05, 3.63) is 34.3 Å². The van der Waals surface area contributed by atoms with E-state index in [1.807, 2.05) is 0 Å². The Bertz CT molecular complexity index is 727. The van der Waals surface area contributed by atoms with Gasteiger partial charge in [-0.3, -0.25) is 10.1 Å². The lowest BCUT2D eigenvalue weighted by atomic mass is 9.93. The topological polar surface area (TPSA) is 60.5 Å². The fourth-order valence-electron chi connectivity index (χ4n) is 2.74. The fourth-order valence-corrected chi connectivity index (χ4v) is 3.91. The van der Waals surface area contributed by atoms with Gasteiger partial charge in [0.05, 0.1) is 19.9 Å². The number of ether oxygens (including phenoxy) is 2. The summed E-state index contributed by atoms with van der Waals surface area (Å²) in [6.07, 6.45) is 3.22. The van der Waals surface area contributed by atoms with Gasteiger partial charge in [-0.05, 0) is 43.4 Å². The largest absolute Gasteiger partial charge is 0.493 e.